The Morgan fingerprint density at radius 1 is 1.12 bits per heavy atom. The number of pyridine rings is 1. The zero-order valence-corrected chi connectivity index (χ0v) is 12.9. The van der Waals surface area contributed by atoms with Gasteiger partial charge < -0.3 is 15.2 Å². The average molecular weight is 335 g/mol. The third-order valence-corrected chi connectivity index (χ3v) is 3.61. The highest BCUT2D eigenvalue weighted by Crippen LogP contribution is 2.24. The molecule has 1 heterocycles. The van der Waals surface area contributed by atoms with Crippen LogP contribution in [0.1, 0.15) is 15.9 Å². The minimum Gasteiger partial charge on any atom is -0.478 e. The van der Waals surface area contributed by atoms with Crippen LogP contribution in [-0.4, -0.2) is 21.0 Å². The van der Waals surface area contributed by atoms with Crippen LogP contribution >= 0.6 is 0 Å². The van der Waals surface area contributed by atoms with Gasteiger partial charge in [-0.1, -0.05) is 42.5 Å². The molecule has 0 saturated carbocycles. The van der Waals surface area contributed by atoms with E-state index in [0.717, 1.165) is 10.8 Å². The van der Waals surface area contributed by atoms with Crippen molar-refractivity contribution in [2.24, 2.45) is 0 Å². The van der Waals surface area contributed by atoms with E-state index in [4.69, 9.17) is 0 Å². The van der Waals surface area contributed by atoms with Crippen molar-refractivity contribution < 1.29 is 14.8 Å². The topological polar surface area (TPSA) is 105 Å². The van der Waals surface area contributed by atoms with Gasteiger partial charge in [0.05, 0.1) is 11.8 Å². The lowest BCUT2D eigenvalue weighted by molar-refractivity contribution is -0.420. The molecule has 7 nitrogen and oxygen atoms in total. The number of aromatic nitrogens is 1. The van der Waals surface area contributed by atoms with Gasteiger partial charge in [-0.05, 0) is 16.6 Å². The highest BCUT2D eigenvalue weighted by atomic mass is 16.6. The summed E-state index contributed by atoms with van der Waals surface area (Å²) in [6, 6.07) is 13.4. The fourth-order valence-electron chi connectivity index (χ4n) is 2.45. The van der Waals surface area contributed by atoms with Gasteiger partial charge in [0.15, 0.2) is 5.69 Å². The third kappa shape index (κ3) is 3.45. The minimum absolute atomic E-state index is 0.0142. The van der Waals surface area contributed by atoms with E-state index < -0.39 is 10.9 Å². The van der Waals surface area contributed by atoms with Crippen LogP contribution in [0.3, 0.4) is 0 Å². The normalized spacial score (nSPS) is 11.3. The molecule has 0 spiro atoms. The van der Waals surface area contributed by atoms with Crippen LogP contribution in [0, 0.1) is 10.1 Å². The van der Waals surface area contributed by atoms with Crippen molar-refractivity contribution in [1.82, 2.24) is 4.98 Å². The zero-order chi connectivity index (χ0) is 17.8. The highest BCUT2D eigenvalue weighted by molar-refractivity contribution is 5.94. The first-order valence-corrected chi connectivity index (χ1v) is 7.34. The first kappa shape index (κ1) is 16.1. The van der Waals surface area contributed by atoms with Crippen LogP contribution in [-0.2, 0) is 0 Å². The van der Waals surface area contributed by atoms with Crippen LogP contribution in [0.4, 0.5) is 5.69 Å². The number of nitro groups is 1. The lowest BCUT2D eigenvalue weighted by Crippen LogP contribution is -2.10. The summed E-state index contributed by atoms with van der Waals surface area (Å²) < 4.78 is 0. The van der Waals surface area contributed by atoms with E-state index in [1.54, 1.807) is 18.3 Å². The quantitative estimate of drug-likeness (QED) is 0.545. The molecule has 0 atom stereocenters. The van der Waals surface area contributed by atoms with Gasteiger partial charge in [-0.3, -0.25) is 4.98 Å². The van der Waals surface area contributed by atoms with Crippen LogP contribution in [0.5, 0.6) is 0 Å². The van der Waals surface area contributed by atoms with Crippen molar-refractivity contribution in [3.05, 3.63) is 88.0 Å². The largest absolute Gasteiger partial charge is 0.478 e. The average Bonchev–Trinajstić information content (AvgIpc) is 2.61. The minimum atomic E-state index is -1.15. The second-order valence-electron chi connectivity index (χ2n) is 5.21. The summed E-state index contributed by atoms with van der Waals surface area (Å²) >= 11 is 0. The van der Waals surface area contributed by atoms with E-state index in [2.05, 4.69) is 10.3 Å². The van der Waals surface area contributed by atoms with Crippen LogP contribution in [0.15, 0.2) is 66.7 Å². The zero-order valence-electron chi connectivity index (χ0n) is 12.9. The first-order valence-electron chi connectivity index (χ1n) is 7.34. The number of nitrogens with one attached hydrogen (secondary N) is 1. The number of aromatic carboxylic acids is 1. The van der Waals surface area contributed by atoms with Gasteiger partial charge >= 0.3 is 11.8 Å². The Bertz CT molecular complexity index is 993. The van der Waals surface area contributed by atoms with E-state index in [1.807, 2.05) is 24.3 Å². The summed E-state index contributed by atoms with van der Waals surface area (Å²) in [5.41, 5.74) is 0.691. The number of carboxylic acid groups (broad SMARTS) is 1. The number of carboxylic acids is 1. The highest BCUT2D eigenvalue weighted by Gasteiger charge is 2.16. The summed E-state index contributed by atoms with van der Waals surface area (Å²) in [5, 5.41) is 25.0. The van der Waals surface area contributed by atoms with Crippen molar-refractivity contribution in [3.63, 3.8) is 0 Å². The molecule has 124 valence electrons. The number of hydrogen-bond donors (Lipinski definition) is 2. The Morgan fingerprint density at radius 3 is 2.60 bits per heavy atom. The maximum absolute atomic E-state index is 11.4. The Labute approximate surface area is 142 Å². The molecule has 0 fully saturated rings. The Hall–Kier alpha value is -3.74. The number of hydrogen-bond acceptors (Lipinski definition) is 5. The molecular formula is C18H13N3O4. The standard InChI is InChI=1S/C18H13N3O4/c22-18(23)15-8-4-1-5-12(15)9-17(21(24)25)20-16-11-19-10-13-6-2-3-7-14(13)16/h1-11,20H,(H,22,23)/b17-9-. The van der Waals surface area contributed by atoms with E-state index in [0.29, 0.717) is 5.69 Å². The number of benzene rings is 2. The Kier molecular flexibility index (Phi) is 4.38. The number of nitrogens with zero attached hydrogens (tertiary/aromatic N) is 2. The molecule has 2 N–H and O–H groups in total. The van der Waals surface area contributed by atoms with Gasteiger partial charge in [0.2, 0.25) is 0 Å². The van der Waals surface area contributed by atoms with Gasteiger partial charge in [-0.25, -0.2) is 10.1 Å². The van der Waals surface area contributed by atoms with Crippen molar-refractivity contribution in [1.29, 1.82) is 0 Å². The monoisotopic (exact) mass is 335 g/mol. The van der Waals surface area contributed by atoms with Crippen LogP contribution in [0.25, 0.3) is 16.8 Å². The molecule has 1 aromatic heterocycles. The fraction of sp³-hybridized carbons (Fsp3) is 0. The van der Waals surface area contributed by atoms with E-state index >= 15 is 0 Å². The second-order valence-corrected chi connectivity index (χ2v) is 5.21. The van der Waals surface area contributed by atoms with Crippen molar-refractivity contribution in [3.8, 4) is 0 Å². The summed E-state index contributed by atoms with van der Waals surface area (Å²) in [6.07, 6.45) is 4.35. The number of rotatable bonds is 5. The molecule has 3 rings (SSSR count). The first-order chi connectivity index (χ1) is 12.1. The van der Waals surface area contributed by atoms with Gasteiger partial charge in [0.1, 0.15) is 0 Å². The molecule has 0 radical (unpaired) electrons. The molecule has 0 unspecified atom stereocenters. The summed E-state index contributed by atoms with van der Waals surface area (Å²) in [4.78, 5) is 26.2. The number of anilines is 1. The molecular weight excluding hydrogens is 322 g/mol. The predicted octanol–water partition coefficient (Wildman–Crippen LogP) is 3.62. The van der Waals surface area contributed by atoms with Crippen LogP contribution in [0.2, 0.25) is 0 Å². The van der Waals surface area contributed by atoms with Gasteiger partial charge in [-0.15, -0.1) is 0 Å². The summed E-state index contributed by atoms with van der Waals surface area (Å²) in [6.45, 7) is 0. The Balaban J connectivity index is 2.06. The molecule has 0 aliphatic carbocycles. The Morgan fingerprint density at radius 2 is 1.84 bits per heavy atom. The maximum atomic E-state index is 11.4. The SMILES string of the molecule is O=C(O)c1ccccc1/C=C(/Nc1cncc2ccccc12)[N+](=O)[O-]. The lowest BCUT2D eigenvalue weighted by atomic mass is 10.1. The summed E-state index contributed by atoms with van der Waals surface area (Å²) in [7, 11) is 0. The van der Waals surface area contributed by atoms with E-state index in [1.165, 1.54) is 24.4 Å². The van der Waals surface area contributed by atoms with Crippen molar-refractivity contribution in [2.45, 2.75) is 0 Å². The lowest BCUT2D eigenvalue weighted by Gasteiger charge is -2.07. The summed E-state index contributed by atoms with van der Waals surface area (Å²) in [5.74, 6) is -1.49. The maximum Gasteiger partial charge on any atom is 0.336 e. The molecule has 0 saturated heterocycles. The van der Waals surface area contributed by atoms with Gasteiger partial charge in [0, 0.05) is 23.0 Å². The molecule has 2 aromatic carbocycles. The van der Waals surface area contributed by atoms with Crippen molar-refractivity contribution >= 4 is 28.5 Å². The third-order valence-electron chi connectivity index (χ3n) is 3.61. The number of fused-ring (bicyclic) bond motifs is 1. The molecule has 25 heavy (non-hydrogen) atoms. The molecule has 0 aliphatic heterocycles. The van der Waals surface area contributed by atoms with Crippen LogP contribution < -0.4 is 5.32 Å². The molecule has 7 heteroatoms. The smallest absolute Gasteiger partial charge is 0.336 e. The van der Waals surface area contributed by atoms with Gasteiger partial charge in [0.25, 0.3) is 0 Å². The number of carbonyl (C=O) groups is 1. The van der Waals surface area contributed by atoms with Crippen molar-refractivity contribution in [2.75, 3.05) is 5.32 Å². The van der Waals surface area contributed by atoms with E-state index in [-0.39, 0.29) is 16.9 Å². The van der Waals surface area contributed by atoms with E-state index in [9.17, 15) is 20.0 Å². The fourth-order valence-corrected chi connectivity index (χ4v) is 2.45. The molecule has 0 aliphatic rings. The molecule has 0 amide bonds. The molecule has 3 aromatic rings. The predicted molar refractivity (Wildman–Crippen MR) is 93.7 cm³/mol. The van der Waals surface area contributed by atoms with Gasteiger partial charge in [-0.2, -0.15) is 0 Å². The second kappa shape index (κ2) is 6.79. The molecule has 0 bridgehead atoms.